The van der Waals surface area contributed by atoms with Crippen LogP contribution in [0.5, 0.6) is 5.75 Å². The molecule has 1 saturated heterocycles. The number of fused-ring (bicyclic) bond motifs is 2. The summed E-state index contributed by atoms with van der Waals surface area (Å²) in [5.74, 6) is 1.96. The van der Waals surface area contributed by atoms with Crippen molar-refractivity contribution in [3.8, 4) is 11.6 Å². The number of nitrogens with zero attached hydrogens (tertiary/aromatic N) is 5. The molecule has 0 unspecified atom stereocenters. The van der Waals surface area contributed by atoms with Crippen molar-refractivity contribution >= 4 is 39.4 Å². The van der Waals surface area contributed by atoms with E-state index in [9.17, 15) is 0 Å². The van der Waals surface area contributed by atoms with Crippen LogP contribution in [0.15, 0.2) is 61.1 Å². The molecule has 0 bridgehead atoms. The zero-order chi connectivity index (χ0) is 23.9. The third-order valence-corrected chi connectivity index (χ3v) is 6.28. The number of methoxy groups -OCH3 is 1. The Balaban J connectivity index is 1.42. The van der Waals surface area contributed by atoms with E-state index in [1.54, 1.807) is 13.4 Å². The van der Waals surface area contributed by atoms with Crippen LogP contribution < -0.4 is 15.0 Å². The topological polar surface area (TPSA) is 93.1 Å². The van der Waals surface area contributed by atoms with Crippen molar-refractivity contribution in [2.75, 3.05) is 30.4 Å². The molecule has 2 atom stereocenters. The van der Waals surface area contributed by atoms with E-state index >= 15 is 0 Å². The van der Waals surface area contributed by atoms with Gasteiger partial charge in [-0.25, -0.2) is 4.98 Å². The standard InChI is InChI=1S/C26H27N7O2/c1-16-13-32(14-17(2)35-16)22-10-6-8-20(23(22)34-3)29-26-30-24-18(11-12-27-24)25(31-26)33-15-28-19-7-4-5-9-21(19)33/h4-12,15-17H,13-14H2,1-3H3,(H2,27,29,30,31)/t16-,17+. The molecule has 2 N–H and O–H groups in total. The summed E-state index contributed by atoms with van der Waals surface area (Å²) in [5, 5.41) is 4.31. The SMILES string of the molecule is COc1c(Nc2nc(-n3cnc4ccccc43)c3cc[nH]c3n2)cccc1N1C[C@@H](C)O[C@@H](C)C1. The Morgan fingerprint density at radius 2 is 1.86 bits per heavy atom. The number of aromatic nitrogens is 5. The third-order valence-electron chi connectivity index (χ3n) is 6.28. The highest BCUT2D eigenvalue weighted by Crippen LogP contribution is 2.38. The molecule has 1 fully saturated rings. The highest BCUT2D eigenvalue weighted by atomic mass is 16.5. The average Bonchev–Trinajstić information content (AvgIpc) is 3.50. The van der Waals surface area contributed by atoms with Gasteiger partial charge in [-0.3, -0.25) is 4.57 Å². The maximum absolute atomic E-state index is 5.92. The van der Waals surface area contributed by atoms with Gasteiger partial charge in [-0.05, 0) is 44.2 Å². The predicted molar refractivity (Wildman–Crippen MR) is 137 cm³/mol. The molecule has 178 valence electrons. The lowest BCUT2D eigenvalue weighted by Gasteiger charge is -2.37. The summed E-state index contributed by atoms with van der Waals surface area (Å²) in [5.41, 5.74) is 4.44. The van der Waals surface area contributed by atoms with E-state index in [0.29, 0.717) is 5.95 Å². The van der Waals surface area contributed by atoms with E-state index in [2.05, 4.69) is 40.1 Å². The van der Waals surface area contributed by atoms with E-state index in [-0.39, 0.29) is 12.2 Å². The smallest absolute Gasteiger partial charge is 0.231 e. The van der Waals surface area contributed by atoms with E-state index < -0.39 is 0 Å². The highest BCUT2D eigenvalue weighted by molar-refractivity contribution is 5.88. The Hall–Kier alpha value is -4.11. The number of imidazole rings is 1. The average molecular weight is 470 g/mol. The maximum Gasteiger partial charge on any atom is 0.231 e. The largest absolute Gasteiger partial charge is 0.492 e. The third kappa shape index (κ3) is 3.83. The number of morpholine rings is 1. The van der Waals surface area contributed by atoms with Crippen LogP contribution in [-0.2, 0) is 4.74 Å². The zero-order valence-corrected chi connectivity index (χ0v) is 19.9. The van der Waals surface area contributed by atoms with Gasteiger partial charge in [0.1, 0.15) is 12.0 Å². The van der Waals surface area contributed by atoms with Crippen molar-refractivity contribution in [1.29, 1.82) is 0 Å². The summed E-state index contributed by atoms with van der Waals surface area (Å²) in [6, 6.07) is 16.0. The number of aromatic amines is 1. The molecule has 0 spiro atoms. The van der Waals surface area contributed by atoms with Gasteiger partial charge in [0.25, 0.3) is 0 Å². The summed E-state index contributed by atoms with van der Waals surface area (Å²) in [7, 11) is 1.69. The minimum Gasteiger partial charge on any atom is -0.492 e. The molecule has 1 aliphatic heterocycles. The highest BCUT2D eigenvalue weighted by Gasteiger charge is 2.25. The minimum absolute atomic E-state index is 0.145. The molecule has 1 aliphatic rings. The molecule has 9 nitrogen and oxygen atoms in total. The van der Waals surface area contributed by atoms with Crippen LogP contribution in [0.3, 0.4) is 0 Å². The van der Waals surface area contributed by atoms with Gasteiger partial charge in [0.05, 0.1) is 47.1 Å². The van der Waals surface area contributed by atoms with E-state index in [0.717, 1.165) is 58.1 Å². The predicted octanol–water partition coefficient (Wildman–Crippen LogP) is 4.66. The number of hydrogen-bond donors (Lipinski definition) is 2. The van der Waals surface area contributed by atoms with Gasteiger partial charge in [-0.15, -0.1) is 0 Å². The van der Waals surface area contributed by atoms with Crippen LogP contribution in [0.25, 0.3) is 27.9 Å². The van der Waals surface area contributed by atoms with Crippen molar-refractivity contribution in [2.45, 2.75) is 26.1 Å². The van der Waals surface area contributed by atoms with Crippen molar-refractivity contribution in [2.24, 2.45) is 0 Å². The van der Waals surface area contributed by atoms with Gasteiger partial charge in [0.2, 0.25) is 5.95 Å². The zero-order valence-electron chi connectivity index (χ0n) is 19.9. The number of anilines is 3. The van der Waals surface area contributed by atoms with E-state index in [1.165, 1.54) is 0 Å². The second kappa shape index (κ2) is 8.59. The van der Waals surface area contributed by atoms with Crippen LogP contribution in [0.1, 0.15) is 13.8 Å². The number of nitrogens with one attached hydrogen (secondary N) is 2. The quantitative estimate of drug-likeness (QED) is 0.387. The lowest BCUT2D eigenvalue weighted by molar-refractivity contribution is -0.00532. The Morgan fingerprint density at radius 1 is 1.03 bits per heavy atom. The van der Waals surface area contributed by atoms with Gasteiger partial charge in [-0.2, -0.15) is 9.97 Å². The molecule has 4 heterocycles. The Kier molecular flexibility index (Phi) is 5.26. The second-order valence-electron chi connectivity index (χ2n) is 8.86. The van der Waals surface area contributed by atoms with Crippen LogP contribution in [-0.4, -0.2) is 56.9 Å². The fraction of sp³-hybridized carbons (Fsp3) is 0.269. The summed E-state index contributed by atoms with van der Waals surface area (Å²) >= 11 is 0. The molecule has 6 rings (SSSR count). The van der Waals surface area contributed by atoms with Crippen LogP contribution in [0.2, 0.25) is 0 Å². The Morgan fingerprint density at radius 3 is 2.69 bits per heavy atom. The molecule has 0 amide bonds. The fourth-order valence-electron chi connectivity index (χ4n) is 4.87. The van der Waals surface area contributed by atoms with Gasteiger partial charge < -0.3 is 24.7 Å². The first-order valence-corrected chi connectivity index (χ1v) is 11.7. The molecule has 9 heteroatoms. The number of H-pyrrole nitrogens is 1. The number of hydrogen-bond acceptors (Lipinski definition) is 7. The van der Waals surface area contributed by atoms with E-state index in [4.69, 9.17) is 19.4 Å². The van der Waals surface area contributed by atoms with Crippen LogP contribution in [0.4, 0.5) is 17.3 Å². The minimum atomic E-state index is 0.145. The summed E-state index contributed by atoms with van der Waals surface area (Å²) in [6.07, 6.45) is 3.95. The Labute approximate surface area is 202 Å². The molecule has 0 saturated carbocycles. The number of rotatable bonds is 5. The molecule has 5 aromatic rings. The normalized spacial score (nSPS) is 18.3. The number of para-hydroxylation sites is 3. The summed E-state index contributed by atoms with van der Waals surface area (Å²) in [6.45, 7) is 5.79. The lowest BCUT2D eigenvalue weighted by Crippen LogP contribution is -2.45. The molecular weight excluding hydrogens is 442 g/mol. The van der Waals surface area contributed by atoms with Gasteiger partial charge >= 0.3 is 0 Å². The summed E-state index contributed by atoms with van der Waals surface area (Å²) < 4.78 is 13.8. The fourth-order valence-corrected chi connectivity index (χ4v) is 4.87. The van der Waals surface area contributed by atoms with Crippen LogP contribution >= 0.6 is 0 Å². The number of benzene rings is 2. The molecule has 2 aromatic carbocycles. The first-order chi connectivity index (χ1) is 17.1. The molecular formula is C26H27N7O2. The van der Waals surface area contributed by atoms with Gasteiger partial charge in [0.15, 0.2) is 11.6 Å². The summed E-state index contributed by atoms with van der Waals surface area (Å²) in [4.78, 5) is 19.7. The molecule has 35 heavy (non-hydrogen) atoms. The van der Waals surface area contributed by atoms with Crippen molar-refractivity contribution < 1.29 is 9.47 Å². The van der Waals surface area contributed by atoms with Crippen molar-refractivity contribution in [1.82, 2.24) is 24.5 Å². The first-order valence-electron chi connectivity index (χ1n) is 11.7. The second-order valence-corrected chi connectivity index (χ2v) is 8.86. The van der Waals surface area contributed by atoms with Crippen molar-refractivity contribution in [3.05, 3.63) is 61.1 Å². The van der Waals surface area contributed by atoms with Gasteiger partial charge in [0, 0.05) is 19.3 Å². The van der Waals surface area contributed by atoms with Crippen molar-refractivity contribution in [3.63, 3.8) is 0 Å². The molecule has 0 radical (unpaired) electrons. The lowest BCUT2D eigenvalue weighted by atomic mass is 10.1. The van der Waals surface area contributed by atoms with Gasteiger partial charge in [-0.1, -0.05) is 18.2 Å². The number of ether oxygens (including phenoxy) is 2. The Bertz CT molecular complexity index is 1500. The van der Waals surface area contributed by atoms with E-state index in [1.807, 2.05) is 53.2 Å². The molecule has 0 aliphatic carbocycles. The first kappa shape index (κ1) is 21.4. The molecule has 3 aromatic heterocycles. The monoisotopic (exact) mass is 469 g/mol. The van der Waals surface area contributed by atoms with Crippen LogP contribution in [0, 0.1) is 0 Å². The maximum atomic E-state index is 5.92.